The lowest BCUT2D eigenvalue weighted by Gasteiger charge is -2.29. The lowest BCUT2D eigenvalue weighted by Crippen LogP contribution is -2.28. The third-order valence-corrected chi connectivity index (χ3v) is 4.36. The van der Waals surface area contributed by atoms with E-state index < -0.39 is 0 Å². The lowest BCUT2D eigenvalue weighted by molar-refractivity contribution is -0.125. The van der Waals surface area contributed by atoms with E-state index in [-0.39, 0.29) is 11.8 Å². The molecular formula is C17H26O. The van der Waals surface area contributed by atoms with Gasteiger partial charge < -0.3 is 0 Å². The molecule has 0 aromatic heterocycles. The molecule has 0 aromatic rings. The predicted molar refractivity (Wildman–Crippen MR) is 76.3 cm³/mol. The molecule has 0 radical (unpaired) electrons. The number of hydrogen-bond acceptors (Lipinski definition) is 1. The zero-order valence-corrected chi connectivity index (χ0v) is 12.2. The molecule has 0 saturated heterocycles. The monoisotopic (exact) mass is 246 g/mol. The molecule has 18 heavy (non-hydrogen) atoms. The Bertz CT molecular complexity index is 352. The number of allylic oxidation sites excluding steroid dienone is 4. The highest BCUT2D eigenvalue weighted by Gasteiger charge is 2.30. The molecule has 2 aliphatic carbocycles. The topological polar surface area (TPSA) is 17.1 Å². The molecule has 0 saturated carbocycles. The average molecular weight is 246 g/mol. The lowest BCUT2D eigenvalue weighted by atomic mass is 9.74. The molecule has 100 valence electrons. The molecule has 4 unspecified atom stereocenters. The van der Waals surface area contributed by atoms with Gasteiger partial charge in [0, 0.05) is 11.8 Å². The fourth-order valence-electron chi connectivity index (χ4n) is 3.76. The summed E-state index contributed by atoms with van der Waals surface area (Å²) in [6.45, 7) is 8.86. The van der Waals surface area contributed by atoms with Crippen LogP contribution in [0.15, 0.2) is 23.3 Å². The van der Waals surface area contributed by atoms with Crippen LogP contribution in [0.5, 0.6) is 0 Å². The van der Waals surface area contributed by atoms with Crippen LogP contribution in [-0.4, -0.2) is 5.78 Å². The Morgan fingerprint density at radius 1 is 0.944 bits per heavy atom. The van der Waals surface area contributed by atoms with E-state index in [0.29, 0.717) is 17.6 Å². The largest absolute Gasteiger partial charge is 0.298 e. The maximum Gasteiger partial charge on any atom is 0.146 e. The summed E-state index contributed by atoms with van der Waals surface area (Å²) < 4.78 is 0. The van der Waals surface area contributed by atoms with Crippen molar-refractivity contribution in [3.63, 3.8) is 0 Å². The van der Waals surface area contributed by atoms with Gasteiger partial charge >= 0.3 is 0 Å². The Hall–Kier alpha value is -0.850. The highest BCUT2D eigenvalue weighted by Crippen LogP contribution is 2.34. The summed E-state index contributed by atoms with van der Waals surface area (Å²) in [5.41, 5.74) is 2.80. The van der Waals surface area contributed by atoms with Gasteiger partial charge in [0.1, 0.15) is 5.78 Å². The van der Waals surface area contributed by atoms with Crippen molar-refractivity contribution < 1.29 is 4.79 Å². The minimum atomic E-state index is 0.174. The predicted octanol–water partition coefficient (Wildman–Crippen LogP) is 4.54. The van der Waals surface area contributed by atoms with Crippen molar-refractivity contribution in [1.82, 2.24) is 0 Å². The van der Waals surface area contributed by atoms with Gasteiger partial charge in [-0.15, -0.1) is 0 Å². The van der Waals surface area contributed by atoms with Crippen LogP contribution >= 0.6 is 0 Å². The third-order valence-electron chi connectivity index (χ3n) is 4.36. The van der Waals surface area contributed by atoms with Gasteiger partial charge in [-0.2, -0.15) is 0 Å². The van der Waals surface area contributed by atoms with Gasteiger partial charge in [0.15, 0.2) is 0 Å². The summed E-state index contributed by atoms with van der Waals surface area (Å²) in [5, 5.41) is 0. The van der Waals surface area contributed by atoms with E-state index in [1.54, 1.807) is 0 Å². The highest BCUT2D eigenvalue weighted by atomic mass is 16.1. The molecule has 0 bridgehead atoms. The number of hydrogen-bond donors (Lipinski definition) is 0. The van der Waals surface area contributed by atoms with E-state index in [0.717, 1.165) is 12.8 Å². The van der Waals surface area contributed by atoms with E-state index in [4.69, 9.17) is 0 Å². The quantitative estimate of drug-likeness (QED) is 0.654. The standard InChI is InChI=1S/C17H26O/c1-11-5-12(2)8-15(7-11)17(18)16-9-13(3)6-14(4)10-16/h7,9,12,14-16H,5-6,8,10H2,1-4H3. The average Bonchev–Trinajstić information content (AvgIpc) is 2.25. The van der Waals surface area contributed by atoms with Crippen LogP contribution in [0.4, 0.5) is 0 Å². The number of Topliss-reactive ketones (excluding diaryl/α,β-unsaturated/α-hetero) is 1. The molecular weight excluding hydrogens is 220 g/mol. The summed E-state index contributed by atoms with van der Waals surface area (Å²) >= 11 is 0. The first-order chi connectivity index (χ1) is 8.45. The Balaban J connectivity index is 2.12. The van der Waals surface area contributed by atoms with E-state index in [1.807, 2.05) is 0 Å². The zero-order valence-electron chi connectivity index (χ0n) is 12.2. The van der Waals surface area contributed by atoms with Crippen LogP contribution in [0.1, 0.15) is 53.4 Å². The van der Waals surface area contributed by atoms with Crippen molar-refractivity contribution in [3.05, 3.63) is 23.3 Å². The van der Waals surface area contributed by atoms with Crippen molar-refractivity contribution in [2.45, 2.75) is 53.4 Å². The number of ketones is 1. The van der Waals surface area contributed by atoms with Crippen LogP contribution in [0, 0.1) is 23.7 Å². The molecule has 2 rings (SSSR count). The van der Waals surface area contributed by atoms with Crippen molar-refractivity contribution in [1.29, 1.82) is 0 Å². The normalized spacial score (nSPS) is 36.9. The molecule has 0 amide bonds. The number of rotatable bonds is 2. The van der Waals surface area contributed by atoms with Crippen molar-refractivity contribution in [2.75, 3.05) is 0 Å². The molecule has 4 atom stereocenters. The summed E-state index contributed by atoms with van der Waals surface area (Å²) in [6, 6.07) is 0. The van der Waals surface area contributed by atoms with E-state index >= 15 is 0 Å². The van der Waals surface area contributed by atoms with Gasteiger partial charge in [-0.1, -0.05) is 37.1 Å². The Morgan fingerprint density at radius 2 is 1.33 bits per heavy atom. The van der Waals surface area contributed by atoms with Crippen LogP contribution in [0.3, 0.4) is 0 Å². The minimum Gasteiger partial charge on any atom is -0.298 e. The fraction of sp³-hybridized carbons (Fsp3) is 0.706. The Morgan fingerprint density at radius 3 is 1.67 bits per heavy atom. The van der Waals surface area contributed by atoms with Gasteiger partial charge in [-0.25, -0.2) is 0 Å². The SMILES string of the molecule is CC1=CC(C(=O)C2C=C(C)CC(C)C2)CC(C)C1. The van der Waals surface area contributed by atoms with Crippen molar-refractivity contribution >= 4 is 5.78 Å². The smallest absolute Gasteiger partial charge is 0.146 e. The number of carbonyl (C=O) groups is 1. The van der Waals surface area contributed by atoms with E-state index in [1.165, 1.54) is 24.0 Å². The molecule has 0 aromatic carbocycles. The summed E-state index contributed by atoms with van der Waals surface area (Å²) in [4.78, 5) is 12.6. The highest BCUT2D eigenvalue weighted by molar-refractivity contribution is 5.87. The minimum absolute atomic E-state index is 0.174. The number of carbonyl (C=O) groups excluding carboxylic acids is 1. The first kappa shape index (κ1) is 13.6. The Kier molecular flexibility index (Phi) is 4.09. The fourth-order valence-corrected chi connectivity index (χ4v) is 3.76. The van der Waals surface area contributed by atoms with Gasteiger partial charge in [-0.3, -0.25) is 4.79 Å². The van der Waals surface area contributed by atoms with Crippen LogP contribution < -0.4 is 0 Å². The van der Waals surface area contributed by atoms with Gasteiger partial charge in [-0.05, 0) is 51.4 Å². The molecule has 0 spiro atoms. The molecule has 0 aliphatic heterocycles. The van der Waals surface area contributed by atoms with E-state index in [2.05, 4.69) is 39.8 Å². The van der Waals surface area contributed by atoms with E-state index in [9.17, 15) is 4.79 Å². The molecule has 1 heteroatoms. The third kappa shape index (κ3) is 3.13. The molecule has 0 N–H and O–H groups in total. The second-order valence-corrected chi connectivity index (χ2v) is 6.73. The van der Waals surface area contributed by atoms with Crippen LogP contribution in [-0.2, 0) is 4.79 Å². The summed E-state index contributed by atoms with van der Waals surface area (Å²) in [6.07, 6.45) is 8.89. The molecule has 0 heterocycles. The van der Waals surface area contributed by atoms with Gasteiger partial charge in [0.2, 0.25) is 0 Å². The van der Waals surface area contributed by atoms with Crippen LogP contribution in [0.2, 0.25) is 0 Å². The maximum absolute atomic E-state index is 12.6. The molecule has 1 nitrogen and oxygen atoms in total. The van der Waals surface area contributed by atoms with Gasteiger partial charge in [0.05, 0.1) is 0 Å². The maximum atomic E-state index is 12.6. The first-order valence-electron chi connectivity index (χ1n) is 7.34. The summed E-state index contributed by atoms with van der Waals surface area (Å²) in [5.74, 6) is 2.14. The molecule has 0 fully saturated rings. The zero-order chi connectivity index (χ0) is 13.3. The van der Waals surface area contributed by atoms with Crippen molar-refractivity contribution in [2.24, 2.45) is 23.7 Å². The second kappa shape index (κ2) is 5.42. The summed E-state index contributed by atoms with van der Waals surface area (Å²) in [7, 11) is 0. The van der Waals surface area contributed by atoms with Crippen LogP contribution in [0.25, 0.3) is 0 Å². The first-order valence-corrected chi connectivity index (χ1v) is 7.34. The Labute approximate surface area is 111 Å². The molecule has 2 aliphatic rings. The van der Waals surface area contributed by atoms with Gasteiger partial charge in [0.25, 0.3) is 0 Å². The second-order valence-electron chi connectivity index (χ2n) is 6.73. The van der Waals surface area contributed by atoms with Crippen molar-refractivity contribution in [3.8, 4) is 0 Å².